The van der Waals surface area contributed by atoms with Gasteiger partial charge in [0.1, 0.15) is 6.07 Å². The molecule has 0 amide bonds. The van der Waals surface area contributed by atoms with Crippen molar-refractivity contribution in [3.8, 4) is 6.07 Å². The average Bonchev–Trinajstić information content (AvgIpc) is 3.20. The van der Waals surface area contributed by atoms with Crippen molar-refractivity contribution in [3.05, 3.63) is 74.6 Å². The minimum atomic E-state index is 0.193. The summed E-state index contributed by atoms with van der Waals surface area (Å²) < 4.78 is 0. The lowest BCUT2D eigenvalue weighted by atomic mass is 10.1. The van der Waals surface area contributed by atoms with Gasteiger partial charge < -0.3 is 5.32 Å². The molecule has 3 aromatic rings. The van der Waals surface area contributed by atoms with Gasteiger partial charge in [-0.15, -0.1) is 22.7 Å². The van der Waals surface area contributed by atoms with Crippen LogP contribution in [-0.4, -0.2) is 0 Å². The molecule has 0 aliphatic rings. The van der Waals surface area contributed by atoms with Gasteiger partial charge in [-0.25, -0.2) is 0 Å². The van der Waals surface area contributed by atoms with Crippen LogP contribution in [0.15, 0.2) is 59.3 Å². The molecular formula is C17H14N2S2. The summed E-state index contributed by atoms with van der Waals surface area (Å²) in [6.07, 6.45) is 0.929. The maximum Gasteiger partial charge on any atom is 0.101 e. The molecule has 0 saturated carbocycles. The SMILES string of the molecule is N#Cc1ccccc1NC(Cc1cccs1)c1cccs1. The summed E-state index contributed by atoms with van der Waals surface area (Å²) in [6, 6.07) is 18.6. The third-order valence-corrected chi connectivity index (χ3v) is 5.13. The Hall–Kier alpha value is -2.09. The summed E-state index contributed by atoms with van der Waals surface area (Å²) in [5.74, 6) is 0. The van der Waals surface area contributed by atoms with Crippen LogP contribution in [0.4, 0.5) is 5.69 Å². The van der Waals surface area contributed by atoms with Crippen molar-refractivity contribution in [3.63, 3.8) is 0 Å². The second kappa shape index (κ2) is 6.57. The van der Waals surface area contributed by atoms with Crippen LogP contribution in [0.1, 0.15) is 21.4 Å². The van der Waals surface area contributed by atoms with Crippen LogP contribution in [0, 0.1) is 11.3 Å². The van der Waals surface area contributed by atoms with E-state index in [2.05, 4.69) is 46.4 Å². The number of rotatable bonds is 5. The van der Waals surface area contributed by atoms with E-state index in [-0.39, 0.29) is 6.04 Å². The summed E-state index contributed by atoms with van der Waals surface area (Å²) in [5.41, 5.74) is 1.58. The Morgan fingerprint density at radius 2 is 1.81 bits per heavy atom. The van der Waals surface area contributed by atoms with Gasteiger partial charge in [0, 0.05) is 16.2 Å². The summed E-state index contributed by atoms with van der Waals surface area (Å²) >= 11 is 3.51. The number of nitrogens with one attached hydrogen (secondary N) is 1. The van der Waals surface area contributed by atoms with Gasteiger partial charge in [0.2, 0.25) is 0 Å². The van der Waals surface area contributed by atoms with E-state index in [0.29, 0.717) is 5.56 Å². The highest BCUT2D eigenvalue weighted by atomic mass is 32.1. The van der Waals surface area contributed by atoms with Gasteiger partial charge in [-0.3, -0.25) is 0 Å². The quantitative estimate of drug-likeness (QED) is 0.713. The van der Waals surface area contributed by atoms with Crippen LogP contribution in [0.2, 0.25) is 0 Å². The number of hydrogen-bond donors (Lipinski definition) is 1. The van der Waals surface area contributed by atoms with Crippen molar-refractivity contribution in [1.29, 1.82) is 5.26 Å². The lowest BCUT2D eigenvalue weighted by molar-refractivity contribution is 0.802. The van der Waals surface area contributed by atoms with Crippen molar-refractivity contribution in [2.24, 2.45) is 0 Å². The van der Waals surface area contributed by atoms with Crippen molar-refractivity contribution < 1.29 is 0 Å². The maximum atomic E-state index is 9.23. The molecule has 1 unspecified atom stereocenters. The minimum absolute atomic E-state index is 0.193. The summed E-state index contributed by atoms with van der Waals surface area (Å²) in [5, 5.41) is 17.0. The van der Waals surface area contributed by atoms with Gasteiger partial charge in [0.25, 0.3) is 0 Å². The molecule has 0 aliphatic carbocycles. The number of nitrogens with zero attached hydrogens (tertiary/aromatic N) is 1. The Kier molecular flexibility index (Phi) is 4.34. The van der Waals surface area contributed by atoms with Gasteiger partial charge in [-0.05, 0) is 35.0 Å². The number of para-hydroxylation sites is 1. The molecule has 2 nitrogen and oxygen atoms in total. The van der Waals surface area contributed by atoms with Gasteiger partial charge in [0.15, 0.2) is 0 Å². The second-order valence-electron chi connectivity index (χ2n) is 4.65. The van der Waals surface area contributed by atoms with Gasteiger partial charge in [0.05, 0.1) is 17.3 Å². The third-order valence-electron chi connectivity index (χ3n) is 3.25. The Labute approximate surface area is 132 Å². The fourth-order valence-electron chi connectivity index (χ4n) is 2.24. The number of benzene rings is 1. The van der Waals surface area contributed by atoms with E-state index < -0.39 is 0 Å². The predicted octanol–water partition coefficient (Wildman–Crippen LogP) is 5.08. The Balaban J connectivity index is 1.87. The molecule has 3 rings (SSSR count). The molecule has 0 bridgehead atoms. The maximum absolute atomic E-state index is 9.23. The molecule has 1 N–H and O–H groups in total. The first-order chi connectivity index (χ1) is 10.4. The molecule has 0 fully saturated rings. The molecular weight excluding hydrogens is 296 g/mol. The molecule has 4 heteroatoms. The Bertz CT molecular complexity index is 725. The van der Waals surface area contributed by atoms with Crippen molar-refractivity contribution in [1.82, 2.24) is 0 Å². The summed E-state index contributed by atoms with van der Waals surface area (Å²) in [6.45, 7) is 0. The van der Waals surface area contributed by atoms with Gasteiger partial charge in [-0.2, -0.15) is 5.26 Å². The van der Waals surface area contributed by atoms with E-state index in [1.54, 1.807) is 22.7 Å². The van der Waals surface area contributed by atoms with Crippen LogP contribution >= 0.6 is 22.7 Å². The van der Waals surface area contributed by atoms with Crippen LogP contribution in [0.3, 0.4) is 0 Å². The molecule has 0 spiro atoms. The number of thiophene rings is 2. The highest BCUT2D eigenvalue weighted by Gasteiger charge is 2.15. The number of nitriles is 1. The Morgan fingerprint density at radius 1 is 1.00 bits per heavy atom. The standard InChI is InChI=1S/C17H14N2S2/c18-12-13-5-1-2-7-15(13)19-16(17-8-4-10-21-17)11-14-6-3-9-20-14/h1-10,16,19H,11H2. The smallest absolute Gasteiger partial charge is 0.101 e. The van der Waals surface area contributed by atoms with Gasteiger partial charge in [-0.1, -0.05) is 24.3 Å². The van der Waals surface area contributed by atoms with Crippen molar-refractivity contribution >= 4 is 28.4 Å². The van der Waals surface area contributed by atoms with Crippen molar-refractivity contribution in [2.45, 2.75) is 12.5 Å². The lowest BCUT2D eigenvalue weighted by Crippen LogP contribution is -2.12. The average molecular weight is 310 g/mol. The largest absolute Gasteiger partial charge is 0.376 e. The molecule has 1 atom stereocenters. The fraction of sp³-hybridized carbons (Fsp3) is 0.118. The van der Waals surface area contributed by atoms with E-state index in [9.17, 15) is 5.26 Å². The van der Waals surface area contributed by atoms with Crippen molar-refractivity contribution in [2.75, 3.05) is 5.32 Å². The lowest BCUT2D eigenvalue weighted by Gasteiger charge is -2.19. The first-order valence-corrected chi connectivity index (χ1v) is 8.44. The van der Waals surface area contributed by atoms with E-state index in [1.807, 2.05) is 24.3 Å². The molecule has 0 saturated heterocycles. The van der Waals surface area contributed by atoms with E-state index in [1.165, 1.54) is 9.75 Å². The second-order valence-corrected chi connectivity index (χ2v) is 6.66. The number of anilines is 1. The van der Waals surface area contributed by atoms with E-state index in [4.69, 9.17) is 0 Å². The molecule has 104 valence electrons. The highest BCUT2D eigenvalue weighted by molar-refractivity contribution is 7.10. The monoisotopic (exact) mass is 310 g/mol. The first-order valence-electron chi connectivity index (χ1n) is 6.68. The normalized spacial score (nSPS) is 11.8. The zero-order valence-corrected chi connectivity index (χ0v) is 13.0. The predicted molar refractivity (Wildman–Crippen MR) is 89.9 cm³/mol. The zero-order chi connectivity index (χ0) is 14.5. The van der Waals surface area contributed by atoms with Crippen LogP contribution in [0.25, 0.3) is 0 Å². The molecule has 2 aromatic heterocycles. The molecule has 2 heterocycles. The molecule has 1 aromatic carbocycles. The Morgan fingerprint density at radius 3 is 2.52 bits per heavy atom. The van der Waals surface area contributed by atoms with Gasteiger partial charge >= 0.3 is 0 Å². The van der Waals surface area contributed by atoms with E-state index in [0.717, 1.165) is 12.1 Å². The number of hydrogen-bond acceptors (Lipinski definition) is 4. The highest BCUT2D eigenvalue weighted by Crippen LogP contribution is 2.29. The molecule has 21 heavy (non-hydrogen) atoms. The van der Waals surface area contributed by atoms with Crippen LogP contribution < -0.4 is 5.32 Å². The summed E-state index contributed by atoms with van der Waals surface area (Å²) in [4.78, 5) is 2.63. The molecule has 0 aliphatic heterocycles. The topological polar surface area (TPSA) is 35.8 Å². The third kappa shape index (κ3) is 3.33. The molecule has 0 radical (unpaired) electrons. The van der Waals surface area contributed by atoms with Crippen LogP contribution in [-0.2, 0) is 6.42 Å². The zero-order valence-electron chi connectivity index (χ0n) is 11.3. The first kappa shape index (κ1) is 13.9. The van der Waals surface area contributed by atoms with Crippen LogP contribution in [0.5, 0.6) is 0 Å². The summed E-state index contributed by atoms with van der Waals surface area (Å²) in [7, 11) is 0. The fourth-order valence-corrected chi connectivity index (χ4v) is 3.77. The minimum Gasteiger partial charge on any atom is -0.376 e. The van der Waals surface area contributed by atoms with E-state index >= 15 is 0 Å².